The first-order valence-corrected chi connectivity index (χ1v) is 9.84. The highest BCUT2D eigenvalue weighted by atomic mass is 32.1. The van der Waals surface area contributed by atoms with Crippen molar-refractivity contribution >= 4 is 23.2 Å². The highest BCUT2D eigenvalue weighted by molar-refractivity contribution is 7.78. The fourth-order valence-corrected chi connectivity index (χ4v) is 4.22. The number of halogens is 1. The molecule has 0 spiro atoms. The van der Waals surface area contributed by atoms with Gasteiger partial charge in [0.25, 0.3) is 0 Å². The molecule has 1 aromatic carbocycles. The van der Waals surface area contributed by atoms with Gasteiger partial charge in [-0.2, -0.15) is 14.4 Å². The molecule has 3 nitrogen and oxygen atoms in total. The Morgan fingerprint density at radius 2 is 1.69 bits per heavy atom. The molecule has 2 fully saturated rings. The fraction of sp³-hybridized carbons (Fsp3) is 0.476. The summed E-state index contributed by atoms with van der Waals surface area (Å²) in [4.78, 5) is 11.6. The second-order valence-corrected chi connectivity index (χ2v) is 7.77. The summed E-state index contributed by atoms with van der Waals surface area (Å²) in [6.07, 6.45) is 11.0. The molecule has 134 valence electrons. The maximum Gasteiger partial charge on any atom is 0.241 e. The first kappa shape index (κ1) is 17.4. The maximum absolute atomic E-state index is 14.2. The Kier molecular flexibility index (Phi) is 5.18. The van der Waals surface area contributed by atoms with Gasteiger partial charge >= 0.3 is 0 Å². The Hall–Kier alpha value is -1.97. The molecule has 0 atom stereocenters. The highest BCUT2D eigenvalue weighted by Gasteiger charge is 2.29. The molecule has 2 saturated carbocycles. The van der Waals surface area contributed by atoms with Crippen LogP contribution in [-0.2, 0) is 0 Å². The van der Waals surface area contributed by atoms with Crippen molar-refractivity contribution in [2.24, 2.45) is 16.8 Å². The van der Waals surface area contributed by atoms with E-state index in [4.69, 9.17) is 0 Å². The Morgan fingerprint density at radius 1 is 1.04 bits per heavy atom. The first-order valence-electron chi connectivity index (χ1n) is 9.43. The number of aliphatic imine (C=N–C) groups is 1. The third-order valence-corrected chi connectivity index (χ3v) is 5.83. The Bertz CT molecular complexity index is 818. The van der Waals surface area contributed by atoms with Gasteiger partial charge < -0.3 is 0 Å². The lowest BCUT2D eigenvalue weighted by Crippen LogP contribution is -2.13. The summed E-state index contributed by atoms with van der Waals surface area (Å²) < 4.78 is 14.2. The highest BCUT2D eigenvalue weighted by Crippen LogP contribution is 2.43. The third-order valence-electron chi connectivity index (χ3n) is 5.74. The molecule has 5 heteroatoms. The van der Waals surface area contributed by atoms with Crippen LogP contribution in [0.1, 0.15) is 56.4 Å². The van der Waals surface area contributed by atoms with Crippen molar-refractivity contribution in [1.29, 1.82) is 0 Å². The van der Waals surface area contributed by atoms with Gasteiger partial charge in [-0.25, -0.2) is 4.98 Å². The number of isothiocyanates is 1. The minimum absolute atomic E-state index is 0.140. The predicted octanol–water partition coefficient (Wildman–Crippen LogP) is 6.09. The molecule has 1 aromatic heterocycles. The van der Waals surface area contributed by atoms with E-state index in [-0.39, 0.29) is 11.5 Å². The topological polar surface area (TPSA) is 38.1 Å². The Balaban J connectivity index is 1.43. The summed E-state index contributed by atoms with van der Waals surface area (Å²) in [6, 6.07) is 8.12. The van der Waals surface area contributed by atoms with Crippen LogP contribution in [0, 0.1) is 17.8 Å². The molecule has 2 aromatic rings. The maximum atomic E-state index is 14.2. The van der Waals surface area contributed by atoms with Crippen LogP contribution in [0.3, 0.4) is 0 Å². The monoisotopic (exact) mass is 367 g/mol. The number of hydrogen-bond acceptors (Lipinski definition) is 4. The molecular weight excluding hydrogens is 345 g/mol. The van der Waals surface area contributed by atoms with Crippen molar-refractivity contribution in [2.75, 3.05) is 0 Å². The molecule has 0 radical (unpaired) electrons. The number of benzene rings is 1. The van der Waals surface area contributed by atoms with Gasteiger partial charge in [0.05, 0.1) is 11.4 Å². The largest absolute Gasteiger partial charge is 0.247 e. The molecule has 0 aliphatic heterocycles. The molecule has 2 aliphatic carbocycles. The lowest BCUT2D eigenvalue weighted by atomic mass is 9.77. The third kappa shape index (κ3) is 4.05. The van der Waals surface area contributed by atoms with Crippen LogP contribution in [0.2, 0.25) is 0 Å². The Morgan fingerprint density at radius 3 is 2.27 bits per heavy atom. The van der Waals surface area contributed by atoms with E-state index in [2.05, 4.69) is 44.5 Å². The summed E-state index contributed by atoms with van der Waals surface area (Å²) in [7, 11) is 0. The molecule has 4 rings (SSSR count). The van der Waals surface area contributed by atoms with Crippen molar-refractivity contribution in [1.82, 2.24) is 9.97 Å². The van der Waals surface area contributed by atoms with Crippen molar-refractivity contribution in [2.45, 2.75) is 50.9 Å². The zero-order chi connectivity index (χ0) is 17.9. The molecular formula is C21H22FN3S. The van der Waals surface area contributed by atoms with Crippen LogP contribution in [0.25, 0.3) is 11.3 Å². The van der Waals surface area contributed by atoms with Crippen LogP contribution in [0.15, 0.2) is 35.5 Å². The van der Waals surface area contributed by atoms with Gasteiger partial charge in [0.15, 0.2) is 5.82 Å². The average Bonchev–Trinajstić information content (AvgIpc) is 3.47. The minimum atomic E-state index is -0.634. The number of thiocarbonyl (C=S) groups is 1. The van der Waals surface area contributed by atoms with E-state index in [1.54, 1.807) is 0 Å². The van der Waals surface area contributed by atoms with Crippen LogP contribution in [0.4, 0.5) is 10.2 Å². The summed E-state index contributed by atoms with van der Waals surface area (Å²) in [5.74, 6) is 2.12. The van der Waals surface area contributed by atoms with Crippen molar-refractivity contribution in [3.63, 3.8) is 0 Å². The standard InChI is InChI=1S/C21H22FN3S/c22-21-20(23-12-19(25-21)24-13-26)18-9-7-17(8-10-18)16-5-3-15(4-6-16)11-14-1-2-14/h7-10,12,14-16H,1-6,11H2. The second kappa shape index (κ2) is 7.73. The van der Waals surface area contributed by atoms with Gasteiger partial charge in [-0.15, -0.1) is 0 Å². The van der Waals surface area contributed by atoms with Crippen LogP contribution >= 0.6 is 12.2 Å². The summed E-state index contributed by atoms with van der Waals surface area (Å²) in [5, 5.41) is 2.17. The molecule has 0 unspecified atom stereocenters. The van der Waals surface area contributed by atoms with E-state index in [0.717, 1.165) is 17.4 Å². The van der Waals surface area contributed by atoms with Gasteiger partial charge in [-0.3, -0.25) is 0 Å². The first-order chi connectivity index (χ1) is 12.7. The van der Waals surface area contributed by atoms with Gasteiger partial charge in [0, 0.05) is 5.56 Å². The minimum Gasteiger partial charge on any atom is -0.247 e. The second-order valence-electron chi connectivity index (χ2n) is 7.59. The summed E-state index contributed by atoms with van der Waals surface area (Å²) in [5.41, 5.74) is 2.33. The zero-order valence-corrected chi connectivity index (χ0v) is 15.5. The van der Waals surface area contributed by atoms with E-state index in [9.17, 15) is 4.39 Å². The molecule has 0 saturated heterocycles. The molecule has 1 heterocycles. The van der Waals surface area contributed by atoms with E-state index in [1.165, 1.54) is 56.7 Å². The van der Waals surface area contributed by atoms with Crippen LogP contribution in [0.5, 0.6) is 0 Å². The SMILES string of the molecule is Fc1nc(N=C=S)cnc1-c1ccc(C2CCC(CC3CC3)CC2)cc1. The Labute approximate surface area is 158 Å². The average molecular weight is 367 g/mol. The molecule has 0 bridgehead atoms. The number of nitrogens with zero attached hydrogens (tertiary/aromatic N) is 3. The van der Waals surface area contributed by atoms with E-state index >= 15 is 0 Å². The van der Waals surface area contributed by atoms with Gasteiger partial charge in [0.2, 0.25) is 5.95 Å². The molecule has 0 N–H and O–H groups in total. The van der Waals surface area contributed by atoms with Gasteiger partial charge in [-0.1, -0.05) is 37.1 Å². The van der Waals surface area contributed by atoms with Crippen molar-refractivity contribution in [3.05, 3.63) is 42.0 Å². The van der Waals surface area contributed by atoms with E-state index < -0.39 is 5.95 Å². The normalized spacial score (nSPS) is 22.7. The zero-order valence-electron chi connectivity index (χ0n) is 14.7. The van der Waals surface area contributed by atoms with Crippen LogP contribution < -0.4 is 0 Å². The lowest BCUT2D eigenvalue weighted by Gasteiger charge is -2.29. The predicted molar refractivity (Wildman–Crippen MR) is 104 cm³/mol. The summed E-state index contributed by atoms with van der Waals surface area (Å²) in [6.45, 7) is 0. The molecule has 0 amide bonds. The van der Waals surface area contributed by atoms with Crippen LogP contribution in [-0.4, -0.2) is 15.1 Å². The number of hydrogen-bond donors (Lipinski definition) is 0. The number of rotatable bonds is 5. The molecule has 2 aliphatic rings. The van der Waals surface area contributed by atoms with Crippen molar-refractivity contribution < 1.29 is 4.39 Å². The molecule has 26 heavy (non-hydrogen) atoms. The van der Waals surface area contributed by atoms with Gasteiger partial charge in [0.1, 0.15) is 5.69 Å². The van der Waals surface area contributed by atoms with Gasteiger partial charge in [-0.05, 0) is 67.6 Å². The van der Waals surface area contributed by atoms with E-state index in [0.29, 0.717) is 5.92 Å². The lowest BCUT2D eigenvalue weighted by molar-refractivity contribution is 0.299. The smallest absolute Gasteiger partial charge is 0.241 e. The van der Waals surface area contributed by atoms with Crippen molar-refractivity contribution in [3.8, 4) is 11.3 Å². The summed E-state index contributed by atoms with van der Waals surface area (Å²) >= 11 is 4.50. The quantitative estimate of drug-likeness (QED) is 0.474. The van der Waals surface area contributed by atoms with E-state index in [1.807, 2.05) is 12.1 Å². The number of aromatic nitrogens is 2. The fourth-order valence-electron chi connectivity index (χ4n) is 4.12.